The third kappa shape index (κ3) is 5.01. The van der Waals surface area contributed by atoms with Gasteiger partial charge in [0.2, 0.25) is 0 Å². The zero-order valence-corrected chi connectivity index (χ0v) is 12.2. The molecule has 0 aliphatic rings. The molecular weight excluding hydrogens is 293 g/mol. The Morgan fingerprint density at radius 2 is 1.90 bits per heavy atom. The molecule has 0 saturated carbocycles. The maximum Gasteiger partial charge on any atom is 0.166 e. The van der Waals surface area contributed by atoms with Gasteiger partial charge < -0.3 is 15.2 Å². The van der Waals surface area contributed by atoms with Gasteiger partial charge in [0.15, 0.2) is 11.6 Å². The lowest BCUT2D eigenvalue weighted by atomic mass is 10.2. The van der Waals surface area contributed by atoms with E-state index in [1.54, 1.807) is 36.4 Å². The van der Waals surface area contributed by atoms with Crippen LogP contribution in [0.15, 0.2) is 42.5 Å². The predicted molar refractivity (Wildman–Crippen MR) is 81.3 cm³/mol. The fraction of sp³-hybridized carbons (Fsp3) is 0.250. The highest BCUT2D eigenvalue weighted by Gasteiger charge is 2.06. The van der Waals surface area contributed by atoms with Gasteiger partial charge in [-0.3, -0.25) is 0 Å². The van der Waals surface area contributed by atoms with Crippen LogP contribution in [0.4, 0.5) is 4.39 Å². The van der Waals surface area contributed by atoms with E-state index in [9.17, 15) is 4.39 Å². The Bertz CT molecular complexity index is 575. The lowest BCUT2D eigenvalue weighted by Gasteiger charge is -2.09. The molecule has 0 unspecified atom stereocenters. The van der Waals surface area contributed by atoms with E-state index in [0.717, 1.165) is 5.56 Å². The minimum absolute atomic E-state index is 0.148. The molecule has 0 aromatic heterocycles. The molecular formula is C16H17ClFNO2. The molecule has 0 spiro atoms. The fourth-order valence-electron chi connectivity index (χ4n) is 1.80. The maximum atomic E-state index is 14.0. The van der Waals surface area contributed by atoms with E-state index in [-0.39, 0.29) is 12.4 Å². The molecule has 2 N–H and O–H groups in total. The van der Waals surface area contributed by atoms with Gasteiger partial charge in [0.05, 0.1) is 0 Å². The third-order valence-corrected chi connectivity index (χ3v) is 3.13. The SMILES string of the molecule is OCCCNCc1ccc(Oc2ccc(Cl)cc2)c(F)c1. The first-order chi connectivity index (χ1) is 10.2. The molecule has 0 amide bonds. The lowest BCUT2D eigenvalue weighted by molar-refractivity contribution is 0.286. The molecule has 2 aromatic carbocycles. The minimum Gasteiger partial charge on any atom is -0.454 e. The number of aliphatic hydroxyl groups excluding tert-OH is 1. The topological polar surface area (TPSA) is 41.5 Å². The van der Waals surface area contributed by atoms with Gasteiger partial charge in [0.25, 0.3) is 0 Å². The number of aliphatic hydroxyl groups is 1. The molecule has 0 aliphatic carbocycles. The van der Waals surface area contributed by atoms with Gasteiger partial charge in [-0.15, -0.1) is 0 Å². The van der Waals surface area contributed by atoms with Crippen molar-refractivity contribution < 1.29 is 14.2 Å². The van der Waals surface area contributed by atoms with Crippen LogP contribution in [-0.4, -0.2) is 18.3 Å². The summed E-state index contributed by atoms with van der Waals surface area (Å²) in [7, 11) is 0. The standard InChI is InChI=1S/C16H17ClFNO2/c17-13-3-5-14(6-4-13)21-16-7-2-12(10-15(16)18)11-19-8-1-9-20/h2-7,10,19-20H,1,8-9,11H2. The van der Waals surface area contributed by atoms with Crippen molar-refractivity contribution in [2.75, 3.05) is 13.2 Å². The molecule has 3 nitrogen and oxygen atoms in total. The van der Waals surface area contributed by atoms with Crippen molar-refractivity contribution in [3.8, 4) is 11.5 Å². The first kappa shape index (κ1) is 15.8. The van der Waals surface area contributed by atoms with E-state index in [2.05, 4.69) is 5.32 Å². The summed E-state index contributed by atoms with van der Waals surface area (Å²) < 4.78 is 19.4. The monoisotopic (exact) mass is 309 g/mol. The summed E-state index contributed by atoms with van der Waals surface area (Å²) in [5, 5.41) is 12.4. The molecule has 2 aromatic rings. The van der Waals surface area contributed by atoms with E-state index in [0.29, 0.717) is 30.3 Å². The number of hydrogen-bond donors (Lipinski definition) is 2. The molecule has 0 saturated heterocycles. The van der Waals surface area contributed by atoms with Crippen LogP contribution < -0.4 is 10.1 Å². The number of rotatable bonds is 7. The third-order valence-electron chi connectivity index (χ3n) is 2.88. The van der Waals surface area contributed by atoms with Crippen molar-refractivity contribution in [1.82, 2.24) is 5.32 Å². The average molecular weight is 310 g/mol. The second kappa shape index (κ2) is 7.98. The number of hydrogen-bond acceptors (Lipinski definition) is 3. The Balaban J connectivity index is 1.97. The van der Waals surface area contributed by atoms with Crippen molar-refractivity contribution in [2.45, 2.75) is 13.0 Å². The van der Waals surface area contributed by atoms with Crippen LogP contribution in [0.5, 0.6) is 11.5 Å². The summed E-state index contributed by atoms with van der Waals surface area (Å²) in [4.78, 5) is 0. The molecule has 5 heteroatoms. The van der Waals surface area contributed by atoms with Gasteiger partial charge in [-0.25, -0.2) is 4.39 Å². The molecule has 0 atom stereocenters. The van der Waals surface area contributed by atoms with Gasteiger partial charge in [0.1, 0.15) is 5.75 Å². The summed E-state index contributed by atoms with van der Waals surface area (Å²) in [5.41, 5.74) is 0.828. The Morgan fingerprint density at radius 1 is 1.14 bits per heavy atom. The molecule has 0 radical (unpaired) electrons. The number of halogens is 2. The van der Waals surface area contributed by atoms with Crippen molar-refractivity contribution in [1.29, 1.82) is 0 Å². The maximum absolute atomic E-state index is 14.0. The molecule has 0 heterocycles. The summed E-state index contributed by atoms with van der Waals surface area (Å²) in [6.45, 7) is 1.40. The largest absolute Gasteiger partial charge is 0.454 e. The van der Waals surface area contributed by atoms with Crippen molar-refractivity contribution in [2.24, 2.45) is 0 Å². The molecule has 21 heavy (non-hydrogen) atoms. The van der Waals surface area contributed by atoms with Crippen LogP contribution in [0.3, 0.4) is 0 Å². The molecule has 0 bridgehead atoms. The summed E-state index contributed by atoms with van der Waals surface area (Å²) in [6.07, 6.45) is 0.681. The average Bonchev–Trinajstić information content (AvgIpc) is 2.48. The van der Waals surface area contributed by atoms with Gasteiger partial charge in [-0.05, 0) is 54.9 Å². The Morgan fingerprint density at radius 3 is 2.57 bits per heavy atom. The van der Waals surface area contributed by atoms with Crippen LogP contribution in [-0.2, 0) is 6.54 Å². The highest BCUT2D eigenvalue weighted by atomic mass is 35.5. The van der Waals surface area contributed by atoms with Crippen LogP contribution in [0, 0.1) is 5.82 Å². The molecule has 112 valence electrons. The van der Waals surface area contributed by atoms with Crippen molar-refractivity contribution >= 4 is 11.6 Å². The smallest absolute Gasteiger partial charge is 0.166 e. The number of benzene rings is 2. The lowest BCUT2D eigenvalue weighted by Crippen LogP contribution is -2.15. The summed E-state index contributed by atoms with van der Waals surface area (Å²) in [6, 6.07) is 11.6. The zero-order chi connectivity index (χ0) is 15.1. The second-order valence-electron chi connectivity index (χ2n) is 4.57. The normalized spacial score (nSPS) is 10.6. The van der Waals surface area contributed by atoms with E-state index in [1.807, 2.05) is 0 Å². The number of nitrogens with one attached hydrogen (secondary N) is 1. The number of ether oxygens (including phenoxy) is 1. The van der Waals surface area contributed by atoms with Crippen molar-refractivity contribution in [3.05, 3.63) is 58.9 Å². The molecule has 2 rings (SSSR count). The molecule has 0 aliphatic heterocycles. The van der Waals surface area contributed by atoms with Crippen LogP contribution in [0.25, 0.3) is 0 Å². The van der Waals surface area contributed by atoms with Gasteiger partial charge >= 0.3 is 0 Å². The minimum atomic E-state index is -0.411. The fourth-order valence-corrected chi connectivity index (χ4v) is 1.93. The van der Waals surface area contributed by atoms with Gasteiger partial charge in [0, 0.05) is 18.2 Å². The second-order valence-corrected chi connectivity index (χ2v) is 5.01. The summed E-state index contributed by atoms with van der Waals surface area (Å²) in [5.74, 6) is 0.301. The Kier molecular flexibility index (Phi) is 5.99. The zero-order valence-electron chi connectivity index (χ0n) is 11.5. The van der Waals surface area contributed by atoms with E-state index >= 15 is 0 Å². The highest BCUT2D eigenvalue weighted by molar-refractivity contribution is 6.30. The van der Waals surface area contributed by atoms with Crippen LogP contribution >= 0.6 is 11.6 Å². The quantitative estimate of drug-likeness (QED) is 0.766. The predicted octanol–water partition coefficient (Wildman–Crippen LogP) is 3.74. The Hall–Kier alpha value is -1.62. The van der Waals surface area contributed by atoms with Crippen LogP contribution in [0.1, 0.15) is 12.0 Å². The van der Waals surface area contributed by atoms with E-state index in [1.165, 1.54) is 6.07 Å². The van der Waals surface area contributed by atoms with Crippen molar-refractivity contribution in [3.63, 3.8) is 0 Å². The van der Waals surface area contributed by atoms with E-state index < -0.39 is 5.82 Å². The van der Waals surface area contributed by atoms with Crippen LogP contribution in [0.2, 0.25) is 5.02 Å². The van der Waals surface area contributed by atoms with Gasteiger partial charge in [-0.1, -0.05) is 17.7 Å². The van der Waals surface area contributed by atoms with E-state index in [4.69, 9.17) is 21.4 Å². The Labute approximate surface area is 128 Å². The first-order valence-electron chi connectivity index (χ1n) is 6.72. The summed E-state index contributed by atoms with van der Waals surface area (Å²) >= 11 is 5.79. The van der Waals surface area contributed by atoms with Gasteiger partial charge in [-0.2, -0.15) is 0 Å². The highest BCUT2D eigenvalue weighted by Crippen LogP contribution is 2.26. The molecule has 0 fully saturated rings. The first-order valence-corrected chi connectivity index (χ1v) is 7.10.